The quantitative estimate of drug-likeness (QED) is 0.375. The van der Waals surface area contributed by atoms with Gasteiger partial charge >= 0.3 is 12.1 Å². The number of carboxylic acid groups (broad SMARTS) is 1. The molecule has 1 aromatic carbocycles. The van der Waals surface area contributed by atoms with E-state index >= 15 is 0 Å². The van der Waals surface area contributed by atoms with Gasteiger partial charge in [-0.1, -0.05) is 23.4 Å². The lowest BCUT2D eigenvalue weighted by Crippen LogP contribution is -2.11. The molecule has 0 aliphatic rings. The molecule has 2 N–H and O–H groups in total. The highest BCUT2D eigenvalue weighted by molar-refractivity contribution is 5.69. The Morgan fingerprint density at radius 1 is 1.06 bits per heavy atom. The Hall–Kier alpha value is -4.86. The number of nitrogens with one attached hydrogen (secondary N) is 1. The van der Waals surface area contributed by atoms with E-state index in [1.165, 1.54) is 23.0 Å². The Morgan fingerprint density at radius 3 is 2.58 bits per heavy atom. The first-order valence-electron chi connectivity index (χ1n) is 10.5. The lowest BCUT2D eigenvalue weighted by atomic mass is 10.1. The summed E-state index contributed by atoms with van der Waals surface area (Å²) >= 11 is 0. The van der Waals surface area contributed by atoms with Crippen molar-refractivity contribution in [3.8, 4) is 28.7 Å². The van der Waals surface area contributed by atoms with Gasteiger partial charge in [0.15, 0.2) is 0 Å². The van der Waals surface area contributed by atoms with E-state index in [-0.39, 0.29) is 31.2 Å². The van der Waals surface area contributed by atoms with Gasteiger partial charge in [-0.25, -0.2) is 19.6 Å². The Labute approximate surface area is 202 Å². The van der Waals surface area contributed by atoms with Crippen molar-refractivity contribution in [3.63, 3.8) is 0 Å². The first kappa shape index (κ1) is 24.3. The first-order chi connectivity index (χ1) is 17.2. The molecule has 0 aliphatic carbocycles. The van der Waals surface area contributed by atoms with E-state index in [0.29, 0.717) is 28.2 Å². The molecule has 0 spiro atoms. The summed E-state index contributed by atoms with van der Waals surface area (Å²) in [5, 5.41) is 29.0. The van der Waals surface area contributed by atoms with Crippen LogP contribution in [0.4, 0.5) is 19.1 Å². The third-order valence-corrected chi connectivity index (χ3v) is 4.86. The fourth-order valence-corrected chi connectivity index (χ4v) is 3.22. The van der Waals surface area contributed by atoms with Crippen molar-refractivity contribution in [1.82, 2.24) is 29.9 Å². The highest BCUT2D eigenvalue weighted by atomic mass is 19.4. The van der Waals surface area contributed by atoms with E-state index in [2.05, 4.69) is 36.7 Å². The van der Waals surface area contributed by atoms with E-state index in [9.17, 15) is 23.2 Å². The smallest absolute Gasteiger partial charge is 0.433 e. The van der Waals surface area contributed by atoms with Crippen LogP contribution in [0.3, 0.4) is 0 Å². The maximum Gasteiger partial charge on any atom is 0.433 e. The minimum atomic E-state index is -4.56. The normalized spacial score (nSPS) is 11.2. The molecule has 0 amide bonds. The zero-order valence-electron chi connectivity index (χ0n) is 18.4. The molecule has 0 unspecified atom stereocenters. The second-order valence-electron chi connectivity index (χ2n) is 7.54. The number of rotatable bonds is 8. The number of carboxylic acids is 1. The average Bonchev–Trinajstić information content (AvgIpc) is 3.32. The molecule has 0 saturated heterocycles. The molecule has 3 heterocycles. The van der Waals surface area contributed by atoms with Crippen LogP contribution in [0, 0.1) is 11.3 Å². The average molecular weight is 494 g/mol. The Morgan fingerprint density at radius 2 is 1.83 bits per heavy atom. The van der Waals surface area contributed by atoms with Crippen LogP contribution in [-0.4, -0.2) is 47.6 Å². The molecule has 0 fully saturated rings. The lowest BCUT2D eigenvalue weighted by Gasteiger charge is -2.09. The monoisotopic (exact) mass is 494 g/mol. The predicted octanol–water partition coefficient (Wildman–Crippen LogP) is 3.62. The molecule has 0 bridgehead atoms. The van der Waals surface area contributed by atoms with Crippen molar-refractivity contribution in [2.24, 2.45) is 0 Å². The van der Waals surface area contributed by atoms with E-state index in [4.69, 9.17) is 5.11 Å². The summed E-state index contributed by atoms with van der Waals surface area (Å²) in [7, 11) is 0. The van der Waals surface area contributed by atoms with E-state index < -0.39 is 17.8 Å². The third-order valence-electron chi connectivity index (χ3n) is 4.86. The van der Waals surface area contributed by atoms with Crippen LogP contribution in [0.15, 0.2) is 54.7 Å². The highest BCUT2D eigenvalue weighted by Crippen LogP contribution is 2.28. The summed E-state index contributed by atoms with van der Waals surface area (Å²) in [4.78, 5) is 23.3. The van der Waals surface area contributed by atoms with Gasteiger partial charge in [0.1, 0.15) is 11.4 Å². The predicted molar refractivity (Wildman–Crippen MR) is 120 cm³/mol. The number of aliphatic carboxylic acids is 1. The van der Waals surface area contributed by atoms with Gasteiger partial charge in [-0.15, -0.1) is 5.10 Å². The summed E-state index contributed by atoms with van der Waals surface area (Å²) in [6.07, 6.45) is -3.22. The Balaban J connectivity index is 1.65. The van der Waals surface area contributed by atoms with Gasteiger partial charge in [-0.2, -0.15) is 18.4 Å². The van der Waals surface area contributed by atoms with Crippen molar-refractivity contribution in [3.05, 3.63) is 71.7 Å². The number of hydrogen-bond donors (Lipinski definition) is 2. The summed E-state index contributed by atoms with van der Waals surface area (Å²) in [5.74, 6) is -0.855. The zero-order valence-corrected chi connectivity index (χ0v) is 18.4. The van der Waals surface area contributed by atoms with Crippen molar-refractivity contribution < 1.29 is 23.1 Å². The van der Waals surface area contributed by atoms with Crippen molar-refractivity contribution >= 4 is 11.9 Å². The van der Waals surface area contributed by atoms with Crippen LogP contribution in [0.5, 0.6) is 0 Å². The fourth-order valence-electron chi connectivity index (χ4n) is 3.22. The molecule has 0 atom stereocenters. The van der Waals surface area contributed by atoms with Crippen LogP contribution in [0.25, 0.3) is 22.6 Å². The fraction of sp³-hybridized carbons (Fsp3) is 0.174. The molecule has 4 rings (SSSR count). The molecular weight excluding hydrogens is 477 g/mol. The number of benzene rings is 1. The van der Waals surface area contributed by atoms with Crippen LogP contribution < -0.4 is 5.32 Å². The third kappa shape index (κ3) is 5.98. The van der Waals surface area contributed by atoms with Gasteiger partial charge in [0.2, 0.25) is 5.95 Å². The molecule has 0 radical (unpaired) electrons. The molecule has 3 aromatic heterocycles. The summed E-state index contributed by atoms with van der Waals surface area (Å²) in [6.45, 7) is 0.0210. The van der Waals surface area contributed by atoms with Gasteiger partial charge in [0.05, 0.1) is 47.9 Å². The summed E-state index contributed by atoms with van der Waals surface area (Å²) in [6, 6.07) is 14.0. The maximum absolute atomic E-state index is 13.0. The van der Waals surface area contributed by atoms with E-state index in [1.54, 1.807) is 30.3 Å². The van der Waals surface area contributed by atoms with E-state index in [1.807, 2.05) is 0 Å². The van der Waals surface area contributed by atoms with E-state index in [0.717, 1.165) is 6.07 Å². The molecule has 10 nitrogen and oxygen atoms in total. The maximum atomic E-state index is 13.0. The second kappa shape index (κ2) is 10.2. The molecule has 0 aliphatic heterocycles. The second-order valence-corrected chi connectivity index (χ2v) is 7.54. The van der Waals surface area contributed by atoms with Crippen molar-refractivity contribution in [2.75, 3.05) is 11.9 Å². The Kier molecular flexibility index (Phi) is 6.86. The lowest BCUT2D eigenvalue weighted by molar-refractivity contribution is -0.141. The standard InChI is InChI=1S/C23H17F3N8O2/c24-23(25,26)20-6-2-5-16(29-20)12-34-13-19(32-33-34)18-10-17(15-4-1-3-14(9-15)11-27)30-22(31-18)28-8-7-21(35)36/h1-6,9-10,13H,7-8,12H2,(H,35,36)(H,28,30,31). The van der Waals surface area contributed by atoms with Gasteiger partial charge in [-0.3, -0.25) is 4.79 Å². The molecule has 13 heteroatoms. The number of nitrogens with zero attached hydrogens (tertiary/aromatic N) is 7. The number of pyridine rings is 1. The van der Waals surface area contributed by atoms with Gasteiger partial charge in [-0.05, 0) is 30.3 Å². The van der Waals surface area contributed by atoms with Crippen LogP contribution in [-0.2, 0) is 17.5 Å². The van der Waals surface area contributed by atoms with Crippen molar-refractivity contribution in [1.29, 1.82) is 5.26 Å². The molecule has 36 heavy (non-hydrogen) atoms. The molecule has 4 aromatic rings. The SMILES string of the molecule is N#Cc1cccc(-c2cc(-c3cn(Cc4cccc(C(F)(F)F)n4)nn3)nc(NCCC(=O)O)n2)c1. The number of aromatic nitrogens is 6. The number of halogens is 3. The van der Waals surface area contributed by atoms with Crippen LogP contribution in [0.2, 0.25) is 0 Å². The van der Waals surface area contributed by atoms with Gasteiger partial charge in [0, 0.05) is 12.1 Å². The van der Waals surface area contributed by atoms with Crippen LogP contribution >= 0.6 is 0 Å². The summed E-state index contributed by atoms with van der Waals surface area (Å²) in [5.41, 5.74) is 1.29. The number of carbonyl (C=O) groups is 1. The Bertz CT molecular complexity index is 1450. The number of alkyl halides is 3. The first-order valence-corrected chi connectivity index (χ1v) is 10.5. The van der Waals surface area contributed by atoms with Gasteiger partial charge < -0.3 is 10.4 Å². The molecule has 0 saturated carbocycles. The molecule has 182 valence electrons. The number of hydrogen-bond acceptors (Lipinski definition) is 8. The highest BCUT2D eigenvalue weighted by Gasteiger charge is 2.32. The van der Waals surface area contributed by atoms with Gasteiger partial charge in [0.25, 0.3) is 0 Å². The zero-order chi connectivity index (χ0) is 25.7. The summed E-state index contributed by atoms with van der Waals surface area (Å²) < 4.78 is 40.2. The van der Waals surface area contributed by atoms with Crippen molar-refractivity contribution in [2.45, 2.75) is 19.1 Å². The minimum absolute atomic E-state index is 0.0528. The number of anilines is 1. The van der Waals surface area contributed by atoms with Crippen LogP contribution in [0.1, 0.15) is 23.4 Å². The number of nitriles is 1. The minimum Gasteiger partial charge on any atom is -0.481 e. The molecular formula is C23H17F3N8O2. The largest absolute Gasteiger partial charge is 0.481 e. The topological polar surface area (TPSA) is 142 Å².